The molecule has 0 spiro atoms. The van der Waals surface area contributed by atoms with Crippen molar-refractivity contribution in [2.24, 2.45) is 0 Å². The maximum absolute atomic E-state index is 11.6. The number of hydrogen-bond acceptors (Lipinski definition) is 3. The molecule has 0 saturated carbocycles. The number of para-hydroxylation sites is 2. The van der Waals surface area contributed by atoms with Gasteiger partial charge in [-0.2, -0.15) is 0 Å². The number of ether oxygens (including phenoxy) is 1. The van der Waals surface area contributed by atoms with Crippen molar-refractivity contribution in [2.45, 2.75) is 13.2 Å². The van der Waals surface area contributed by atoms with E-state index in [1.54, 1.807) is 18.2 Å². The first kappa shape index (κ1) is 20.8. The fourth-order valence-corrected chi connectivity index (χ4v) is 4.15. The summed E-state index contributed by atoms with van der Waals surface area (Å²) in [5.41, 5.74) is 6.01. The molecule has 0 bridgehead atoms. The van der Waals surface area contributed by atoms with Crippen LogP contribution in [0.2, 0.25) is 0 Å². The normalized spacial score (nSPS) is 13.6. The molecule has 1 aromatic heterocycles. The summed E-state index contributed by atoms with van der Waals surface area (Å²) in [6, 6.07) is 19.1. The number of carboxylic acid groups (broad SMARTS) is 1. The second kappa shape index (κ2) is 8.37. The topological polar surface area (TPSA) is 95.8 Å². The molecule has 1 aliphatic rings. The van der Waals surface area contributed by atoms with Crippen LogP contribution < -0.4 is 4.74 Å². The van der Waals surface area contributed by atoms with Crippen LogP contribution in [-0.2, 0) is 13.2 Å². The van der Waals surface area contributed by atoms with Gasteiger partial charge in [-0.1, -0.05) is 40.2 Å². The minimum atomic E-state index is -0.962. The van der Waals surface area contributed by atoms with Crippen molar-refractivity contribution < 1.29 is 20.1 Å². The maximum Gasteiger partial charge on any atom is 0.335 e. The summed E-state index contributed by atoms with van der Waals surface area (Å²) in [4.78, 5) is 16.1. The Morgan fingerprint density at radius 1 is 1.13 bits per heavy atom. The Morgan fingerprint density at radius 3 is 2.81 bits per heavy atom. The van der Waals surface area contributed by atoms with Gasteiger partial charge in [0.25, 0.3) is 0 Å². The Kier molecular flexibility index (Phi) is 5.63. The molecule has 0 unspecified atom stereocenters. The molecule has 0 radical (unpaired) electrons. The molecule has 0 atom stereocenters. The van der Waals surface area contributed by atoms with Gasteiger partial charge in [0.05, 0.1) is 22.9 Å². The van der Waals surface area contributed by atoms with Gasteiger partial charge in [0.2, 0.25) is 0 Å². The third-order valence-electron chi connectivity index (χ3n) is 5.28. The molecule has 3 N–H and O–H groups in total. The van der Waals surface area contributed by atoms with E-state index >= 15 is 0 Å². The number of nitrogens with zero attached hydrogens (tertiary/aromatic N) is 2. The number of carboxylic acids is 1. The Balaban J connectivity index is 0.00000231. The van der Waals surface area contributed by atoms with Crippen LogP contribution in [0.4, 0.5) is 0 Å². The van der Waals surface area contributed by atoms with Crippen molar-refractivity contribution >= 4 is 38.5 Å². The van der Waals surface area contributed by atoms with Gasteiger partial charge in [-0.3, -0.25) is 0 Å². The van der Waals surface area contributed by atoms with Crippen LogP contribution >= 0.6 is 15.9 Å². The van der Waals surface area contributed by atoms with Crippen molar-refractivity contribution in [1.29, 1.82) is 0 Å². The Bertz CT molecular complexity index is 1330. The SMILES string of the molecule is O.O=C(O)c1ccc2c(c1)/C(=C/Cn1cnc3ccccc31)c1cc(Br)ccc1CO2. The predicted octanol–water partition coefficient (Wildman–Crippen LogP) is 4.70. The summed E-state index contributed by atoms with van der Waals surface area (Å²) < 4.78 is 9.05. The molecular weight excluding hydrogens is 460 g/mol. The number of carbonyl (C=O) groups is 1. The van der Waals surface area contributed by atoms with Crippen LogP contribution in [0.15, 0.2) is 77.5 Å². The summed E-state index contributed by atoms with van der Waals surface area (Å²) in [7, 11) is 0. The summed E-state index contributed by atoms with van der Waals surface area (Å²) >= 11 is 3.57. The molecule has 3 aromatic carbocycles. The minimum Gasteiger partial charge on any atom is -0.488 e. The molecule has 0 saturated heterocycles. The van der Waals surface area contributed by atoms with Crippen molar-refractivity contribution in [3.63, 3.8) is 0 Å². The van der Waals surface area contributed by atoms with Crippen molar-refractivity contribution in [2.75, 3.05) is 0 Å². The number of hydrogen-bond donors (Lipinski definition) is 1. The van der Waals surface area contributed by atoms with E-state index in [0.29, 0.717) is 18.9 Å². The third-order valence-corrected chi connectivity index (χ3v) is 5.77. The van der Waals surface area contributed by atoms with Crippen molar-refractivity contribution in [1.82, 2.24) is 9.55 Å². The third kappa shape index (κ3) is 3.85. The maximum atomic E-state index is 11.6. The minimum absolute atomic E-state index is 0. The molecule has 2 heterocycles. The largest absolute Gasteiger partial charge is 0.488 e. The smallest absolute Gasteiger partial charge is 0.335 e. The quantitative estimate of drug-likeness (QED) is 0.461. The zero-order valence-electron chi connectivity index (χ0n) is 16.4. The predicted molar refractivity (Wildman–Crippen MR) is 122 cm³/mol. The zero-order chi connectivity index (χ0) is 20.7. The number of rotatable bonds is 3. The number of aromatic nitrogens is 2. The number of imidazole rings is 1. The summed E-state index contributed by atoms with van der Waals surface area (Å²) in [6.45, 7) is 1.02. The zero-order valence-corrected chi connectivity index (χ0v) is 18.0. The highest BCUT2D eigenvalue weighted by Gasteiger charge is 2.21. The highest BCUT2D eigenvalue weighted by molar-refractivity contribution is 9.10. The molecule has 5 rings (SSSR count). The highest BCUT2D eigenvalue weighted by Crippen LogP contribution is 2.38. The average Bonchev–Trinajstić information content (AvgIpc) is 3.10. The number of aromatic carboxylic acids is 1. The average molecular weight is 479 g/mol. The van der Waals surface area contributed by atoms with E-state index in [0.717, 1.165) is 37.8 Å². The van der Waals surface area contributed by atoms with Crippen LogP contribution in [0.3, 0.4) is 0 Å². The van der Waals surface area contributed by atoms with E-state index in [9.17, 15) is 9.90 Å². The molecule has 156 valence electrons. The van der Waals surface area contributed by atoms with Gasteiger partial charge in [0.15, 0.2) is 0 Å². The van der Waals surface area contributed by atoms with E-state index in [1.807, 2.05) is 42.7 Å². The van der Waals surface area contributed by atoms with Gasteiger partial charge in [0.1, 0.15) is 12.4 Å². The Hall–Kier alpha value is -3.42. The van der Waals surface area contributed by atoms with Crippen molar-refractivity contribution in [3.05, 3.63) is 99.8 Å². The lowest BCUT2D eigenvalue weighted by atomic mass is 9.93. The standard InChI is InChI=1S/C24H17BrN2O3.H2O/c25-17-7-5-16-13-30-23-8-6-15(24(28)29)11-20(23)18(19(16)12-17)9-10-27-14-26-21-3-1-2-4-22(21)27;/h1-9,11-12,14H,10,13H2,(H,28,29);1H2/b18-9+;. The van der Waals surface area contributed by atoms with Gasteiger partial charge in [-0.15, -0.1) is 0 Å². The first-order chi connectivity index (χ1) is 14.6. The molecule has 6 nitrogen and oxygen atoms in total. The van der Waals surface area contributed by atoms with Gasteiger partial charge in [-0.05, 0) is 59.2 Å². The van der Waals surface area contributed by atoms with E-state index < -0.39 is 5.97 Å². The summed E-state index contributed by atoms with van der Waals surface area (Å²) in [5, 5.41) is 9.50. The first-order valence-corrected chi connectivity index (χ1v) is 10.3. The fourth-order valence-electron chi connectivity index (χ4n) is 3.79. The molecule has 0 fully saturated rings. The number of benzene rings is 3. The lowest BCUT2D eigenvalue weighted by Gasteiger charge is -2.12. The number of halogens is 1. The fraction of sp³-hybridized carbons (Fsp3) is 0.0833. The summed E-state index contributed by atoms with van der Waals surface area (Å²) in [5.74, 6) is -0.287. The van der Waals surface area contributed by atoms with E-state index in [-0.39, 0.29) is 11.0 Å². The van der Waals surface area contributed by atoms with Gasteiger partial charge in [0, 0.05) is 16.6 Å². The van der Waals surface area contributed by atoms with Gasteiger partial charge in [-0.25, -0.2) is 9.78 Å². The monoisotopic (exact) mass is 478 g/mol. The molecule has 7 heteroatoms. The molecular formula is C24H19BrN2O4. The second-order valence-electron chi connectivity index (χ2n) is 7.11. The number of fused-ring (bicyclic) bond motifs is 3. The van der Waals surface area contributed by atoms with Gasteiger partial charge < -0.3 is 19.9 Å². The first-order valence-electron chi connectivity index (χ1n) is 9.49. The number of allylic oxidation sites excluding steroid dienone is 1. The molecule has 1 aliphatic heterocycles. The molecule has 4 aromatic rings. The van der Waals surface area contributed by atoms with Crippen LogP contribution in [0.25, 0.3) is 16.6 Å². The highest BCUT2D eigenvalue weighted by atomic mass is 79.9. The van der Waals surface area contributed by atoms with Crippen LogP contribution in [0, 0.1) is 0 Å². The van der Waals surface area contributed by atoms with Gasteiger partial charge >= 0.3 is 5.97 Å². The molecule has 31 heavy (non-hydrogen) atoms. The van der Waals surface area contributed by atoms with Crippen LogP contribution in [0.1, 0.15) is 27.0 Å². The second-order valence-corrected chi connectivity index (χ2v) is 8.03. The summed E-state index contributed by atoms with van der Waals surface area (Å²) in [6.07, 6.45) is 3.93. The van der Waals surface area contributed by atoms with Crippen LogP contribution in [-0.4, -0.2) is 26.1 Å². The van der Waals surface area contributed by atoms with E-state index in [2.05, 4.69) is 37.6 Å². The van der Waals surface area contributed by atoms with E-state index in [1.165, 1.54) is 0 Å². The molecule has 0 aliphatic carbocycles. The Morgan fingerprint density at radius 2 is 1.97 bits per heavy atom. The van der Waals surface area contributed by atoms with Crippen molar-refractivity contribution in [3.8, 4) is 5.75 Å². The molecule has 0 amide bonds. The lowest BCUT2D eigenvalue weighted by Crippen LogP contribution is -2.00. The van der Waals surface area contributed by atoms with E-state index in [4.69, 9.17) is 4.74 Å². The Labute approximate surface area is 186 Å². The van der Waals surface area contributed by atoms with Crippen LogP contribution in [0.5, 0.6) is 5.75 Å². The lowest BCUT2D eigenvalue weighted by molar-refractivity contribution is 0.0697.